The first kappa shape index (κ1) is 14.0. The standard InChI is InChI=1S/C13H16N2O3.ClH/c14-10-3-4-15(7-10)13(16)6-9-1-2-11-12(5-9)18-8-17-11;/h1-2,5,10H,3-4,6-8,14H2;1H. The molecule has 0 spiro atoms. The summed E-state index contributed by atoms with van der Waals surface area (Å²) in [6, 6.07) is 5.75. The molecule has 2 N–H and O–H groups in total. The smallest absolute Gasteiger partial charge is 0.231 e. The van der Waals surface area contributed by atoms with Crippen molar-refractivity contribution in [3.63, 3.8) is 0 Å². The highest BCUT2D eigenvalue weighted by Gasteiger charge is 2.24. The molecule has 5 nitrogen and oxygen atoms in total. The van der Waals surface area contributed by atoms with Gasteiger partial charge in [0.1, 0.15) is 0 Å². The number of hydrogen-bond acceptors (Lipinski definition) is 4. The largest absolute Gasteiger partial charge is 0.454 e. The van der Waals surface area contributed by atoms with Crippen molar-refractivity contribution in [1.82, 2.24) is 4.90 Å². The number of amides is 1. The summed E-state index contributed by atoms with van der Waals surface area (Å²) >= 11 is 0. The van der Waals surface area contributed by atoms with E-state index in [-0.39, 0.29) is 31.1 Å². The molecule has 2 heterocycles. The Kier molecular flexibility index (Phi) is 4.17. The third-order valence-corrected chi connectivity index (χ3v) is 3.37. The highest BCUT2D eigenvalue weighted by atomic mass is 35.5. The number of halogens is 1. The summed E-state index contributed by atoms with van der Waals surface area (Å²) < 4.78 is 10.5. The van der Waals surface area contributed by atoms with E-state index < -0.39 is 0 Å². The molecule has 104 valence electrons. The van der Waals surface area contributed by atoms with Crippen LogP contribution in [0.4, 0.5) is 0 Å². The van der Waals surface area contributed by atoms with Crippen molar-refractivity contribution in [1.29, 1.82) is 0 Å². The van der Waals surface area contributed by atoms with Crippen LogP contribution in [0.1, 0.15) is 12.0 Å². The normalized spacial score (nSPS) is 20.3. The molecule has 0 aromatic heterocycles. The number of nitrogens with two attached hydrogens (primary N) is 1. The van der Waals surface area contributed by atoms with Crippen LogP contribution in [-0.4, -0.2) is 36.7 Å². The molecule has 2 aliphatic heterocycles. The van der Waals surface area contributed by atoms with E-state index in [2.05, 4.69) is 0 Å². The lowest BCUT2D eigenvalue weighted by atomic mass is 10.1. The predicted molar refractivity (Wildman–Crippen MR) is 72.7 cm³/mol. The predicted octanol–water partition coefficient (Wildman–Crippen LogP) is 0.939. The average molecular weight is 285 g/mol. The van der Waals surface area contributed by atoms with E-state index in [1.165, 1.54) is 0 Å². The summed E-state index contributed by atoms with van der Waals surface area (Å²) in [7, 11) is 0. The van der Waals surface area contributed by atoms with E-state index in [9.17, 15) is 4.79 Å². The molecule has 0 saturated carbocycles. The molecular formula is C13H17ClN2O3. The number of ether oxygens (including phenoxy) is 2. The molecule has 1 aromatic carbocycles. The molecule has 1 unspecified atom stereocenters. The van der Waals surface area contributed by atoms with Gasteiger partial charge in [-0.25, -0.2) is 0 Å². The zero-order valence-electron chi connectivity index (χ0n) is 10.5. The SMILES string of the molecule is Cl.NC1CCN(C(=O)Cc2ccc3c(c2)OCO3)C1. The molecule has 6 heteroatoms. The molecule has 0 radical (unpaired) electrons. The second-order valence-corrected chi connectivity index (χ2v) is 4.75. The van der Waals surface area contributed by atoms with Crippen molar-refractivity contribution >= 4 is 18.3 Å². The van der Waals surface area contributed by atoms with Crippen LogP contribution in [0.15, 0.2) is 18.2 Å². The summed E-state index contributed by atoms with van der Waals surface area (Å²) in [5, 5.41) is 0. The van der Waals surface area contributed by atoms with Crippen LogP contribution in [0.5, 0.6) is 11.5 Å². The minimum absolute atomic E-state index is 0. The van der Waals surface area contributed by atoms with Gasteiger partial charge in [0.25, 0.3) is 0 Å². The average Bonchev–Trinajstić information content (AvgIpc) is 2.96. The molecule has 2 aliphatic rings. The topological polar surface area (TPSA) is 64.8 Å². The number of carbonyl (C=O) groups excluding carboxylic acids is 1. The molecular weight excluding hydrogens is 268 g/mol. The van der Waals surface area contributed by atoms with Gasteiger partial charge in [-0.05, 0) is 24.1 Å². The van der Waals surface area contributed by atoms with Crippen molar-refractivity contribution in [2.24, 2.45) is 5.73 Å². The van der Waals surface area contributed by atoms with Crippen LogP contribution in [-0.2, 0) is 11.2 Å². The molecule has 3 rings (SSSR count). The summed E-state index contributed by atoms with van der Waals surface area (Å²) in [6.07, 6.45) is 1.29. The van der Waals surface area contributed by atoms with E-state index >= 15 is 0 Å². The highest BCUT2D eigenvalue weighted by molar-refractivity contribution is 5.85. The van der Waals surface area contributed by atoms with Gasteiger partial charge in [0.2, 0.25) is 12.7 Å². The van der Waals surface area contributed by atoms with E-state index in [0.717, 1.165) is 30.0 Å². The van der Waals surface area contributed by atoms with Crippen LogP contribution in [0.3, 0.4) is 0 Å². The van der Waals surface area contributed by atoms with Gasteiger partial charge in [0.05, 0.1) is 6.42 Å². The van der Waals surface area contributed by atoms with Crippen LogP contribution in [0.2, 0.25) is 0 Å². The summed E-state index contributed by atoms with van der Waals surface area (Å²) in [5.74, 6) is 1.59. The third kappa shape index (κ3) is 2.93. The van der Waals surface area contributed by atoms with Gasteiger partial charge in [0, 0.05) is 19.1 Å². The van der Waals surface area contributed by atoms with Gasteiger partial charge in [0.15, 0.2) is 11.5 Å². The monoisotopic (exact) mass is 284 g/mol. The number of likely N-dealkylation sites (tertiary alicyclic amines) is 1. The fourth-order valence-electron chi connectivity index (χ4n) is 2.35. The molecule has 1 fully saturated rings. The number of benzene rings is 1. The van der Waals surface area contributed by atoms with Gasteiger partial charge in [-0.15, -0.1) is 12.4 Å². The number of hydrogen-bond donors (Lipinski definition) is 1. The second-order valence-electron chi connectivity index (χ2n) is 4.75. The van der Waals surface area contributed by atoms with E-state index in [0.29, 0.717) is 13.0 Å². The maximum atomic E-state index is 12.1. The molecule has 0 bridgehead atoms. The first-order valence-corrected chi connectivity index (χ1v) is 6.14. The maximum Gasteiger partial charge on any atom is 0.231 e. The lowest BCUT2D eigenvalue weighted by molar-refractivity contribution is -0.129. The first-order chi connectivity index (χ1) is 8.72. The summed E-state index contributed by atoms with van der Waals surface area (Å²) in [5.41, 5.74) is 6.75. The van der Waals surface area contributed by atoms with Crippen molar-refractivity contribution in [3.05, 3.63) is 23.8 Å². The van der Waals surface area contributed by atoms with Crippen LogP contribution in [0, 0.1) is 0 Å². The lowest BCUT2D eigenvalue weighted by Crippen LogP contribution is -2.32. The number of carbonyl (C=O) groups is 1. The van der Waals surface area contributed by atoms with Crippen LogP contribution in [0.25, 0.3) is 0 Å². The van der Waals surface area contributed by atoms with Crippen LogP contribution < -0.4 is 15.2 Å². The highest BCUT2D eigenvalue weighted by Crippen LogP contribution is 2.32. The van der Waals surface area contributed by atoms with Crippen molar-refractivity contribution < 1.29 is 14.3 Å². The van der Waals surface area contributed by atoms with Gasteiger partial charge >= 0.3 is 0 Å². The van der Waals surface area contributed by atoms with E-state index in [1.807, 2.05) is 23.1 Å². The first-order valence-electron chi connectivity index (χ1n) is 6.14. The minimum Gasteiger partial charge on any atom is -0.454 e. The lowest BCUT2D eigenvalue weighted by Gasteiger charge is -2.15. The third-order valence-electron chi connectivity index (χ3n) is 3.37. The Balaban J connectivity index is 0.00000133. The quantitative estimate of drug-likeness (QED) is 0.878. The Morgan fingerprint density at radius 3 is 2.89 bits per heavy atom. The molecule has 1 atom stereocenters. The molecule has 1 amide bonds. The van der Waals surface area contributed by atoms with Gasteiger partial charge < -0.3 is 20.1 Å². The zero-order chi connectivity index (χ0) is 12.5. The maximum absolute atomic E-state index is 12.1. The van der Waals surface area contributed by atoms with Crippen molar-refractivity contribution in [2.75, 3.05) is 19.9 Å². The van der Waals surface area contributed by atoms with Crippen molar-refractivity contribution in [3.8, 4) is 11.5 Å². The Hall–Kier alpha value is -1.46. The Morgan fingerprint density at radius 1 is 1.37 bits per heavy atom. The van der Waals surface area contributed by atoms with Crippen LogP contribution >= 0.6 is 12.4 Å². The van der Waals surface area contributed by atoms with Gasteiger partial charge in [-0.1, -0.05) is 6.07 Å². The molecule has 0 aliphatic carbocycles. The fourth-order valence-corrected chi connectivity index (χ4v) is 2.35. The van der Waals surface area contributed by atoms with Crippen molar-refractivity contribution in [2.45, 2.75) is 18.9 Å². The number of fused-ring (bicyclic) bond motifs is 1. The molecule has 1 aromatic rings. The Bertz CT molecular complexity index is 481. The Labute approximate surface area is 118 Å². The Morgan fingerprint density at radius 2 is 2.16 bits per heavy atom. The summed E-state index contributed by atoms with van der Waals surface area (Å²) in [4.78, 5) is 13.9. The number of rotatable bonds is 2. The number of nitrogens with zero attached hydrogens (tertiary/aromatic N) is 1. The molecule has 19 heavy (non-hydrogen) atoms. The van der Waals surface area contributed by atoms with E-state index in [1.54, 1.807) is 0 Å². The summed E-state index contributed by atoms with van der Waals surface area (Å²) in [6.45, 7) is 1.70. The van der Waals surface area contributed by atoms with E-state index in [4.69, 9.17) is 15.2 Å². The van der Waals surface area contributed by atoms with Gasteiger partial charge in [-0.2, -0.15) is 0 Å². The minimum atomic E-state index is 0. The second kappa shape index (κ2) is 5.67. The molecule has 1 saturated heterocycles. The fraction of sp³-hybridized carbons (Fsp3) is 0.462. The zero-order valence-corrected chi connectivity index (χ0v) is 11.3. The van der Waals surface area contributed by atoms with Gasteiger partial charge in [-0.3, -0.25) is 4.79 Å².